The molecular formula is C16H29N3. The molecule has 1 heterocycles. The van der Waals surface area contributed by atoms with Crippen LogP contribution in [-0.2, 0) is 0 Å². The molecule has 0 aromatic heterocycles. The van der Waals surface area contributed by atoms with Crippen molar-refractivity contribution in [1.29, 1.82) is 0 Å². The number of hydrogen-bond donors (Lipinski definition) is 0. The van der Waals surface area contributed by atoms with Gasteiger partial charge >= 0.3 is 0 Å². The molecule has 0 spiro atoms. The molecule has 0 amide bonds. The predicted molar refractivity (Wildman–Crippen MR) is 85.4 cm³/mol. The molecule has 0 saturated carbocycles. The summed E-state index contributed by atoms with van der Waals surface area (Å²) in [6, 6.07) is 0. The van der Waals surface area contributed by atoms with E-state index in [0.29, 0.717) is 5.41 Å². The van der Waals surface area contributed by atoms with E-state index in [1.807, 2.05) is 19.3 Å². The summed E-state index contributed by atoms with van der Waals surface area (Å²) in [6.45, 7) is 14.4. The van der Waals surface area contributed by atoms with E-state index in [4.69, 9.17) is 0 Å². The van der Waals surface area contributed by atoms with Crippen LogP contribution in [0.25, 0.3) is 0 Å². The van der Waals surface area contributed by atoms with Gasteiger partial charge in [0, 0.05) is 31.1 Å². The fraction of sp³-hybridized carbons (Fsp3) is 0.750. The quantitative estimate of drug-likeness (QED) is 0.645. The average molecular weight is 263 g/mol. The number of piperidine rings is 1. The number of hydrogen-bond acceptors (Lipinski definition) is 3. The Bertz CT molecular complexity index is 317. The van der Waals surface area contributed by atoms with Gasteiger partial charge in [0.1, 0.15) is 0 Å². The van der Waals surface area contributed by atoms with E-state index < -0.39 is 0 Å². The molecule has 0 aliphatic carbocycles. The monoisotopic (exact) mass is 263 g/mol. The molecule has 1 aliphatic heterocycles. The van der Waals surface area contributed by atoms with Crippen LogP contribution in [0.5, 0.6) is 0 Å². The van der Waals surface area contributed by atoms with E-state index in [9.17, 15) is 0 Å². The summed E-state index contributed by atoms with van der Waals surface area (Å²) in [6.07, 6.45) is 9.04. The Morgan fingerprint density at radius 1 is 1.21 bits per heavy atom. The standard InChI is InChI=1S/C16H29N3/c1-5-16(6-2)8-10-19(11-9-16)14-15(12-17-4)13-18-7-3/h12-13H,4-11,14H2,1-3H3/b15-12+,18-13?. The summed E-state index contributed by atoms with van der Waals surface area (Å²) >= 11 is 0. The summed E-state index contributed by atoms with van der Waals surface area (Å²) in [4.78, 5) is 10.7. The third-order valence-electron chi connectivity index (χ3n) is 4.52. The van der Waals surface area contributed by atoms with Gasteiger partial charge in [0.15, 0.2) is 0 Å². The fourth-order valence-electron chi connectivity index (χ4n) is 2.84. The molecule has 0 aromatic rings. The van der Waals surface area contributed by atoms with Crippen LogP contribution in [0.4, 0.5) is 0 Å². The first kappa shape index (κ1) is 16.1. The second-order valence-corrected chi connectivity index (χ2v) is 5.50. The van der Waals surface area contributed by atoms with Crippen LogP contribution >= 0.6 is 0 Å². The molecule has 0 radical (unpaired) electrons. The second-order valence-electron chi connectivity index (χ2n) is 5.50. The second kappa shape index (κ2) is 8.26. The van der Waals surface area contributed by atoms with Crippen LogP contribution < -0.4 is 0 Å². The summed E-state index contributed by atoms with van der Waals surface area (Å²) in [5.74, 6) is 0. The highest BCUT2D eigenvalue weighted by Crippen LogP contribution is 2.37. The normalized spacial score (nSPS) is 20.9. The fourth-order valence-corrected chi connectivity index (χ4v) is 2.84. The van der Waals surface area contributed by atoms with Crippen molar-refractivity contribution in [2.45, 2.75) is 46.5 Å². The average Bonchev–Trinajstić information content (AvgIpc) is 2.46. The van der Waals surface area contributed by atoms with Gasteiger partial charge in [0.2, 0.25) is 0 Å². The number of aliphatic imine (C=N–C) groups is 2. The minimum Gasteiger partial charge on any atom is -0.299 e. The van der Waals surface area contributed by atoms with Crippen molar-refractivity contribution in [2.24, 2.45) is 15.4 Å². The SMILES string of the molecule is C=N/C=C(\C=NCC)CN1CCC(CC)(CC)CC1. The lowest BCUT2D eigenvalue weighted by Gasteiger charge is -2.41. The number of nitrogens with zero attached hydrogens (tertiary/aromatic N) is 3. The van der Waals surface area contributed by atoms with Crippen LogP contribution in [0.15, 0.2) is 21.8 Å². The molecule has 0 bridgehead atoms. The van der Waals surface area contributed by atoms with E-state index >= 15 is 0 Å². The Morgan fingerprint density at radius 2 is 1.84 bits per heavy atom. The minimum atomic E-state index is 0.592. The van der Waals surface area contributed by atoms with Gasteiger partial charge in [0.05, 0.1) is 0 Å². The third-order valence-corrected chi connectivity index (χ3v) is 4.52. The zero-order valence-electron chi connectivity index (χ0n) is 12.9. The van der Waals surface area contributed by atoms with Crippen molar-refractivity contribution in [3.63, 3.8) is 0 Å². The summed E-state index contributed by atoms with van der Waals surface area (Å²) in [5.41, 5.74) is 1.76. The van der Waals surface area contributed by atoms with Gasteiger partial charge in [-0.25, -0.2) is 0 Å². The van der Waals surface area contributed by atoms with E-state index in [1.54, 1.807) is 0 Å². The Balaban J connectivity index is 2.53. The van der Waals surface area contributed by atoms with Gasteiger partial charge in [-0.1, -0.05) is 26.7 Å². The molecule has 3 nitrogen and oxygen atoms in total. The first-order valence-electron chi connectivity index (χ1n) is 7.56. The molecule has 0 unspecified atom stereocenters. The number of rotatable bonds is 7. The van der Waals surface area contributed by atoms with E-state index in [-0.39, 0.29) is 0 Å². The zero-order chi connectivity index (χ0) is 14.1. The van der Waals surface area contributed by atoms with Crippen molar-refractivity contribution in [3.05, 3.63) is 11.8 Å². The molecule has 1 rings (SSSR count). The largest absolute Gasteiger partial charge is 0.299 e. The summed E-state index contributed by atoms with van der Waals surface area (Å²) < 4.78 is 0. The van der Waals surface area contributed by atoms with Crippen molar-refractivity contribution >= 4 is 12.9 Å². The van der Waals surface area contributed by atoms with Crippen molar-refractivity contribution in [1.82, 2.24) is 4.90 Å². The molecule has 0 N–H and O–H groups in total. The van der Waals surface area contributed by atoms with Gasteiger partial charge in [-0.15, -0.1) is 0 Å². The van der Waals surface area contributed by atoms with Crippen molar-refractivity contribution < 1.29 is 0 Å². The van der Waals surface area contributed by atoms with E-state index in [0.717, 1.165) is 18.7 Å². The predicted octanol–water partition coefficient (Wildman–Crippen LogP) is 3.56. The molecule has 108 valence electrons. The Morgan fingerprint density at radius 3 is 2.32 bits per heavy atom. The van der Waals surface area contributed by atoms with Gasteiger partial charge in [0.25, 0.3) is 0 Å². The van der Waals surface area contributed by atoms with E-state index in [2.05, 4.69) is 35.4 Å². The van der Waals surface area contributed by atoms with Gasteiger partial charge < -0.3 is 0 Å². The topological polar surface area (TPSA) is 28.0 Å². The molecule has 19 heavy (non-hydrogen) atoms. The zero-order valence-corrected chi connectivity index (χ0v) is 12.9. The third kappa shape index (κ3) is 4.90. The highest BCUT2D eigenvalue weighted by Gasteiger charge is 2.31. The van der Waals surface area contributed by atoms with Crippen LogP contribution in [-0.4, -0.2) is 44.0 Å². The molecule has 0 aromatic carbocycles. The van der Waals surface area contributed by atoms with Crippen molar-refractivity contribution in [2.75, 3.05) is 26.2 Å². The first-order valence-corrected chi connectivity index (χ1v) is 7.56. The molecular weight excluding hydrogens is 234 g/mol. The first-order chi connectivity index (χ1) is 9.19. The smallest absolute Gasteiger partial charge is 0.0361 e. The van der Waals surface area contributed by atoms with E-state index in [1.165, 1.54) is 38.8 Å². The Hall–Kier alpha value is -0.960. The maximum Gasteiger partial charge on any atom is 0.0361 e. The minimum absolute atomic E-state index is 0.592. The molecule has 3 heteroatoms. The van der Waals surface area contributed by atoms with Gasteiger partial charge in [-0.05, 0) is 45.0 Å². The van der Waals surface area contributed by atoms with Crippen molar-refractivity contribution in [3.8, 4) is 0 Å². The van der Waals surface area contributed by atoms with Crippen LogP contribution in [0, 0.1) is 5.41 Å². The summed E-state index contributed by atoms with van der Waals surface area (Å²) in [7, 11) is 0. The molecule has 1 saturated heterocycles. The molecule has 1 fully saturated rings. The van der Waals surface area contributed by atoms with Gasteiger partial charge in [-0.3, -0.25) is 14.9 Å². The lowest BCUT2D eigenvalue weighted by atomic mass is 9.74. The maximum atomic E-state index is 4.31. The lowest BCUT2D eigenvalue weighted by Crippen LogP contribution is -2.40. The Kier molecular flexibility index (Phi) is 7.00. The number of likely N-dealkylation sites (tertiary alicyclic amines) is 1. The van der Waals surface area contributed by atoms with Crippen LogP contribution in [0.1, 0.15) is 46.5 Å². The van der Waals surface area contributed by atoms with Gasteiger partial charge in [-0.2, -0.15) is 0 Å². The van der Waals surface area contributed by atoms with Crippen LogP contribution in [0.3, 0.4) is 0 Å². The maximum absolute atomic E-state index is 4.31. The highest BCUT2D eigenvalue weighted by atomic mass is 15.1. The Labute approximate surface area is 118 Å². The van der Waals surface area contributed by atoms with Crippen LogP contribution in [0.2, 0.25) is 0 Å². The lowest BCUT2D eigenvalue weighted by molar-refractivity contribution is 0.103. The molecule has 0 atom stereocenters. The highest BCUT2D eigenvalue weighted by molar-refractivity contribution is 5.79. The summed E-state index contributed by atoms with van der Waals surface area (Å²) in [5, 5.41) is 0. The molecule has 1 aliphatic rings.